The number of aryl methyl sites for hydroxylation is 1. The predicted molar refractivity (Wildman–Crippen MR) is 378 cm³/mol. The van der Waals surface area contributed by atoms with E-state index in [-0.39, 0.29) is 74.1 Å². The number of sulfonamides is 1. The van der Waals surface area contributed by atoms with Crippen LogP contribution in [0.5, 0.6) is 0 Å². The molecule has 0 saturated carbocycles. The van der Waals surface area contributed by atoms with Crippen LogP contribution in [0.2, 0.25) is 0 Å². The van der Waals surface area contributed by atoms with E-state index < -0.39 is 69.6 Å². The zero-order chi connectivity index (χ0) is 69.7. The van der Waals surface area contributed by atoms with E-state index in [0.717, 1.165) is 38.5 Å². The second-order valence-corrected chi connectivity index (χ2v) is 27.5. The molecule has 0 aliphatic carbocycles. The molecule has 23 nitrogen and oxygen atoms in total. The first-order chi connectivity index (χ1) is 45.8. The molecule has 2 rings (SSSR count). The molecule has 8 amide bonds. The minimum Gasteiger partial charge on any atom is -0.368 e. The Labute approximate surface area is 570 Å². The Kier molecular flexibility index (Phi) is 48.2. The minimum absolute atomic E-state index is 0.00336. The number of nitrogens with zero attached hydrogens (tertiary/aromatic N) is 1. The summed E-state index contributed by atoms with van der Waals surface area (Å²) in [6, 6.07) is 1.16. The molecule has 0 saturated heterocycles. The average molecular weight is 1360 g/mol. The number of anilines is 2. The van der Waals surface area contributed by atoms with Crippen LogP contribution in [0.25, 0.3) is 0 Å². The van der Waals surface area contributed by atoms with Gasteiger partial charge in [-0.2, -0.15) is 0 Å². The number of carbonyl (C=O) groups excluding carboxylic acids is 8. The number of unbranched alkanes of at least 4 members (excludes halogenated alkanes) is 28. The fourth-order valence-electron chi connectivity index (χ4n) is 11.2. The summed E-state index contributed by atoms with van der Waals surface area (Å²) in [5.74, 6) is -3.73. The third kappa shape index (κ3) is 41.5. The maximum absolute atomic E-state index is 14.3. The molecule has 95 heavy (non-hydrogen) atoms. The van der Waals surface area contributed by atoms with E-state index in [9.17, 15) is 46.8 Å². The molecule has 0 bridgehead atoms. The Morgan fingerprint density at radius 1 is 0.432 bits per heavy atom. The fourth-order valence-corrected chi connectivity index (χ4v) is 12.3. The van der Waals surface area contributed by atoms with Crippen molar-refractivity contribution in [1.29, 1.82) is 0 Å². The number of primary amides is 1. The summed E-state index contributed by atoms with van der Waals surface area (Å²) >= 11 is 0. The molecule has 14 N–H and O–H groups in total. The molecular weight excluding hydrogens is 1230 g/mol. The molecule has 4 unspecified atom stereocenters. The average Bonchev–Trinajstić information content (AvgIpc) is 1.81. The largest absolute Gasteiger partial charge is 0.368 e. The van der Waals surface area contributed by atoms with Gasteiger partial charge in [-0.3, -0.25) is 38.4 Å². The Bertz CT molecular complexity index is 2570. The number of nitrogens with one attached hydrogen (secondary N) is 8. The number of amides is 8. The second-order valence-electron chi connectivity index (χ2n) is 25.9. The van der Waals surface area contributed by atoms with Crippen molar-refractivity contribution in [1.82, 2.24) is 37.1 Å². The molecule has 0 fully saturated rings. The molecule has 0 aliphatic rings. The number of nitrogens with two attached hydrogens (primary N) is 3. The van der Waals surface area contributed by atoms with Crippen molar-refractivity contribution in [3.63, 3.8) is 0 Å². The highest BCUT2D eigenvalue weighted by Gasteiger charge is 2.31. The van der Waals surface area contributed by atoms with Crippen LogP contribution in [0, 0.1) is 13.8 Å². The third-order valence-corrected chi connectivity index (χ3v) is 18.7. The number of rotatable bonds is 61. The highest BCUT2D eigenvalue weighted by Crippen LogP contribution is 2.23. The van der Waals surface area contributed by atoms with Crippen molar-refractivity contribution in [3.8, 4) is 0 Å². The molecule has 4 atom stereocenters. The Morgan fingerprint density at radius 3 is 1.19 bits per heavy atom. The second kappa shape index (κ2) is 53.9. The van der Waals surface area contributed by atoms with Gasteiger partial charge in [0.1, 0.15) is 24.2 Å². The van der Waals surface area contributed by atoms with Crippen molar-refractivity contribution in [2.75, 3.05) is 36.2 Å². The van der Waals surface area contributed by atoms with E-state index in [2.05, 4.69) is 60.9 Å². The topological polar surface area (TPSA) is 371 Å². The predicted octanol–water partition coefficient (Wildman–Crippen LogP) is 11.0. The number of hydrogen-bond acceptors (Lipinski definition) is 14. The standard InChI is InChI=1S/C71H126N12O11S/c1-5-7-9-11-13-15-17-19-21-23-25-27-29-43-63(84)75-53-38-34-42-60(78-65(86)44-30-28-26-24-22-20-18-16-14-12-10-8-6-2)68(89)80-62(41-32-36-52-73)70(91)81-61(40-31-35-51-72)69(90)79-59(67(74)88)39-33-37-54-76-64(85)49-50-66(87)77-57-45-47-58(48-46-57)95(92,93)83-71-55(3)56(4)82-94-71/h45-48,59-62,83H,5-44,49-54,72-73H2,1-4H3,(H2,74,88)(H,75,84)(H,76,85)(H,77,87)(H,78,86)(H,79,90)(H,80,89)(H,81,91). The number of aromatic nitrogens is 1. The molecule has 0 aliphatic heterocycles. The Balaban J connectivity index is 1.99. The normalized spacial score (nSPS) is 12.7. The quantitative estimate of drug-likeness (QED) is 0.0274. The summed E-state index contributed by atoms with van der Waals surface area (Å²) in [5, 5.41) is 23.6. The summed E-state index contributed by atoms with van der Waals surface area (Å²) in [7, 11) is -3.99. The Hall–Kier alpha value is -6.14. The summed E-state index contributed by atoms with van der Waals surface area (Å²) in [4.78, 5) is 107. The zero-order valence-electron chi connectivity index (χ0n) is 58.7. The summed E-state index contributed by atoms with van der Waals surface area (Å²) in [5.41, 5.74) is 18.9. The molecule has 1 heterocycles. The summed E-state index contributed by atoms with van der Waals surface area (Å²) in [6.45, 7) is 9.15. The number of hydrogen-bond donors (Lipinski definition) is 11. The SMILES string of the molecule is CCCCCCCCCCCCCCCC(=O)NCCCCC(NC(=O)CCCCCCCCCCCCCCC)C(=O)NC(CCCCN)C(=O)NC(CCCCN)C(=O)NC(CCCCNC(=O)CCC(=O)Nc1ccc(S(=O)(=O)Nc2onc(C)c2C)cc1)C(N)=O. The highest BCUT2D eigenvalue weighted by atomic mass is 32.2. The van der Waals surface area contributed by atoms with E-state index in [4.69, 9.17) is 21.7 Å². The van der Waals surface area contributed by atoms with Crippen LogP contribution in [-0.4, -0.2) is 111 Å². The van der Waals surface area contributed by atoms with E-state index >= 15 is 0 Å². The van der Waals surface area contributed by atoms with Gasteiger partial charge in [-0.1, -0.05) is 173 Å². The monoisotopic (exact) mass is 1350 g/mol. The maximum atomic E-state index is 14.3. The van der Waals surface area contributed by atoms with Crippen LogP contribution in [0.4, 0.5) is 11.6 Å². The van der Waals surface area contributed by atoms with Gasteiger partial charge in [0.2, 0.25) is 53.1 Å². The lowest BCUT2D eigenvalue weighted by Gasteiger charge is -2.26. The number of benzene rings is 1. The first-order valence-electron chi connectivity index (χ1n) is 36.6. The molecule has 1 aromatic carbocycles. The van der Waals surface area contributed by atoms with Gasteiger partial charge < -0.3 is 58.9 Å². The molecule has 24 heteroatoms. The van der Waals surface area contributed by atoms with Gasteiger partial charge in [0, 0.05) is 50.0 Å². The lowest BCUT2D eigenvalue weighted by Crippen LogP contribution is -2.58. The molecule has 542 valence electrons. The first kappa shape index (κ1) is 84.9. The zero-order valence-corrected chi connectivity index (χ0v) is 59.5. The van der Waals surface area contributed by atoms with Crippen LogP contribution in [0.3, 0.4) is 0 Å². The Morgan fingerprint density at radius 2 is 0.789 bits per heavy atom. The third-order valence-electron chi connectivity index (χ3n) is 17.4. The van der Waals surface area contributed by atoms with Gasteiger partial charge in [-0.25, -0.2) is 13.1 Å². The van der Waals surface area contributed by atoms with Crippen LogP contribution < -0.4 is 59.1 Å². The molecule has 0 radical (unpaired) electrons. The summed E-state index contributed by atoms with van der Waals surface area (Å²) in [6.07, 6.45) is 36.3. The van der Waals surface area contributed by atoms with Gasteiger partial charge >= 0.3 is 0 Å². The lowest BCUT2D eigenvalue weighted by molar-refractivity contribution is -0.134. The van der Waals surface area contributed by atoms with Gasteiger partial charge in [0.05, 0.1) is 10.6 Å². The molecular formula is C71H126N12O11S. The van der Waals surface area contributed by atoms with Gasteiger partial charge in [0.25, 0.3) is 10.0 Å². The lowest BCUT2D eigenvalue weighted by atomic mass is 10.0. The number of carbonyl (C=O) groups is 8. The smallest absolute Gasteiger partial charge is 0.264 e. The minimum atomic E-state index is -3.99. The van der Waals surface area contributed by atoms with E-state index in [0.29, 0.717) is 101 Å². The maximum Gasteiger partial charge on any atom is 0.264 e. The van der Waals surface area contributed by atoms with Crippen molar-refractivity contribution in [3.05, 3.63) is 35.5 Å². The first-order valence-corrected chi connectivity index (χ1v) is 38.1. The van der Waals surface area contributed by atoms with Crippen LogP contribution in [0.15, 0.2) is 33.7 Å². The van der Waals surface area contributed by atoms with Crippen LogP contribution >= 0.6 is 0 Å². The van der Waals surface area contributed by atoms with Crippen molar-refractivity contribution >= 4 is 68.9 Å². The van der Waals surface area contributed by atoms with Crippen molar-refractivity contribution < 1.29 is 51.3 Å². The van der Waals surface area contributed by atoms with E-state index in [1.165, 1.54) is 146 Å². The molecule has 0 spiro atoms. The van der Waals surface area contributed by atoms with E-state index in [1.807, 2.05) is 0 Å². The van der Waals surface area contributed by atoms with Crippen molar-refractivity contribution in [2.24, 2.45) is 17.2 Å². The van der Waals surface area contributed by atoms with Crippen LogP contribution in [0.1, 0.15) is 295 Å². The van der Waals surface area contributed by atoms with Gasteiger partial charge in [0.15, 0.2) is 0 Å². The van der Waals surface area contributed by atoms with E-state index in [1.54, 1.807) is 13.8 Å². The van der Waals surface area contributed by atoms with Crippen molar-refractivity contribution in [2.45, 2.75) is 326 Å². The molecule has 1 aromatic heterocycles. The molecule has 2 aromatic rings. The van der Waals surface area contributed by atoms with Crippen LogP contribution in [-0.2, 0) is 48.4 Å². The van der Waals surface area contributed by atoms with Gasteiger partial charge in [-0.15, -0.1) is 0 Å². The fraction of sp³-hybridized carbons (Fsp3) is 0.761. The van der Waals surface area contributed by atoms with Gasteiger partial charge in [-0.05, 0) is 141 Å². The summed E-state index contributed by atoms with van der Waals surface area (Å²) < 4.78 is 33.1. The highest BCUT2D eigenvalue weighted by molar-refractivity contribution is 7.92.